The lowest BCUT2D eigenvalue weighted by Gasteiger charge is -2.26. The molecule has 0 N–H and O–H groups in total. The molecule has 1 atom stereocenters. The first-order valence-corrected chi connectivity index (χ1v) is 10.00. The topological polar surface area (TPSA) is 51.2 Å². The van der Waals surface area contributed by atoms with Crippen LogP contribution < -0.4 is 0 Å². The molecule has 0 spiro atoms. The van der Waals surface area contributed by atoms with Gasteiger partial charge in [-0.25, -0.2) is 12.8 Å². The zero-order chi connectivity index (χ0) is 18.0. The minimum Gasteiger partial charge on any atom is -0.300 e. The van der Waals surface area contributed by atoms with E-state index in [-0.39, 0.29) is 21.5 Å². The van der Waals surface area contributed by atoms with Crippen LogP contribution in [-0.4, -0.2) is 14.2 Å². The van der Waals surface area contributed by atoms with Gasteiger partial charge in [0.25, 0.3) is 0 Å². The molecule has 132 valence electrons. The Balaban J connectivity index is 2.01. The van der Waals surface area contributed by atoms with E-state index in [9.17, 15) is 17.6 Å². The summed E-state index contributed by atoms with van der Waals surface area (Å²) in [6, 6.07) is 10.8. The van der Waals surface area contributed by atoms with E-state index in [1.807, 2.05) is 0 Å². The minimum absolute atomic E-state index is 0.00201. The third-order valence-electron chi connectivity index (χ3n) is 4.80. The molecule has 0 aliphatic heterocycles. The molecular formula is C20H21FO3S. The van der Waals surface area contributed by atoms with Crippen LogP contribution in [0.25, 0.3) is 0 Å². The molecule has 3 rings (SSSR count). The van der Waals surface area contributed by atoms with E-state index < -0.39 is 15.7 Å². The van der Waals surface area contributed by atoms with Crippen molar-refractivity contribution in [2.45, 2.75) is 54.7 Å². The summed E-state index contributed by atoms with van der Waals surface area (Å²) in [5, 5.41) is 0. The molecule has 0 aromatic heterocycles. The summed E-state index contributed by atoms with van der Waals surface area (Å²) in [7, 11) is -3.73. The Labute approximate surface area is 147 Å². The summed E-state index contributed by atoms with van der Waals surface area (Å²) in [4.78, 5) is 11.4. The number of fused-ring (bicyclic) bond motifs is 1. The first-order valence-electron chi connectivity index (χ1n) is 8.51. The molecule has 1 aliphatic rings. The Morgan fingerprint density at radius 3 is 2.56 bits per heavy atom. The second-order valence-corrected chi connectivity index (χ2v) is 8.57. The molecule has 2 aromatic carbocycles. The number of benzene rings is 2. The fraction of sp³-hybridized carbons (Fsp3) is 0.350. The van der Waals surface area contributed by atoms with Crippen LogP contribution >= 0.6 is 0 Å². The van der Waals surface area contributed by atoms with E-state index in [1.54, 1.807) is 24.3 Å². The predicted octanol–water partition coefficient (Wildman–Crippen LogP) is 4.45. The van der Waals surface area contributed by atoms with Crippen molar-refractivity contribution < 1.29 is 17.6 Å². The van der Waals surface area contributed by atoms with Gasteiger partial charge < -0.3 is 4.79 Å². The largest absolute Gasteiger partial charge is 0.300 e. The van der Waals surface area contributed by atoms with Crippen molar-refractivity contribution >= 4 is 15.6 Å². The van der Waals surface area contributed by atoms with Crippen molar-refractivity contribution in [1.29, 1.82) is 0 Å². The molecule has 25 heavy (non-hydrogen) atoms. The van der Waals surface area contributed by atoms with E-state index in [2.05, 4.69) is 0 Å². The lowest BCUT2D eigenvalue weighted by Crippen LogP contribution is -2.15. The molecule has 0 unspecified atom stereocenters. The summed E-state index contributed by atoms with van der Waals surface area (Å²) >= 11 is 0. The molecule has 0 saturated heterocycles. The number of aryl methyl sites for hydroxylation is 1. The number of rotatable bonds is 5. The predicted molar refractivity (Wildman–Crippen MR) is 93.9 cm³/mol. The highest BCUT2D eigenvalue weighted by Gasteiger charge is 2.27. The third-order valence-corrected chi connectivity index (χ3v) is 6.55. The summed E-state index contributed by atoms with van der Waals surface area (Å²) in [5.74, 6) is -0.391. The van der Waals surface area contributed by atoms with Gasteiger partial charge in [-0.15, -0.1) is 0 Å². The van der Waals surface area contributed by atoms with Crippen LogP contribution in [-0.2, 0) is 21.1 Å². The second-order valence-electron chi connectivity index (χ2n) is 6.62. The average molecular weight is 360 g/mol. The molecule has 3 nitrogen and oxygen atoms in total. The molecule has 0 bridgehead atoms. The SMILES string of the molecule is CC(=O)CC[C@@H]1CCCc2cc(S(=O)(=O)c3ccccc3)cc(F)c21. The monoisotopic (exact) mass is 360 g/mol. The Bertz CT molecular complexity index is 889. The number of sulfone groups is 1. The molecule has 0 fully saturated rings. The number of carbonyl (C=O) groups excluding carboxylic acids is 1. The Hall–Kier alpha value is -2.01. The first-order chi connectivity index (χ1) is 11.9. The number of carbonyl (C=O) groups is 1. The van der Waals surface area contributed by atoms with E-state index in [0.717, 1.165) is 24.5 Å². The van der Waals surface area contributed by atoms with Gasteiger partial charge in [-0.05, 0) is 73.9 Å². The van der Waals surface area contributed by atoms with Crippen molar-refractivity contribution in [2.75, 3.05) is 0 Å². The van der Waals surface area contributed by atoms with E-state index >= 15 is 0 Å². The normalized spacial score (nSPS) is 17.1. The molecule has 0 amide bonds. The van der Waals surface area contributed by atoms with Gasteiger partial charge in [0.2, 0.25) is 9.84 Å². The molecule has 1 aliphatic carbocycles. The van der Waals surface area contributed by atoms with Crippen molar-refractivity contribution in [1.82, 2.24) is 0 Å². The second kappa shape index (κ2) is 7.08. The highest BCUT2D eigenvalue weighted by Crippen LogP contribution is 2.38. The van der Waals surface area contributed by atoms with Crippen LogP contribution in [0.2, 0.25) is 0 Å². The van der Waals surface area contributed by atoms with Gasteiger partial charge in [0, 0.05) is 6.42 Å². The summed E-state index contributed by atoms with van der Waals surface area (Å²) in [6.07, 6.45) is 3.42. The van der Waals surface area contributed by atoms with Crippen molar-refractivity contribution in [2.24, 2.45) is 0 Å². The standard InChI is InChI=1S/C20H21FO3S/c1-14(22)10-11-15-6-5-7-16-12-18(13-19(21)20(15)16)25(23,24)17-8-3-2-4-9-17/h2-4,8-9,12-13,15H,5-7,10-11H2,1H3/t15-/m0/s1. The molecular weight excluding hydrogens is 339 g/mol. The van der Waals surface area contributed by atoms with Gasteiger partial charge in [-0.2, -0.15) is 0 Å². The highest BCUT2D eigenvalue weighted by molar-refractivity contribution is 7.91. The third kappa shape index (κ3) is 3.66. The van der Waals surface area contributed by atoms with Crippen LogP contribution in [0.1, 0.15) is 49.7 Å². The maximum absolute atomic E-state index is 14.8. The van der Waals surface area contributed by atoms with Crippen molar-refractivity contribution in [3.8, 4) is 0 Å². The van der Waals surface area contributed by atoms with Gasteiger partial charge in [0.1, 0.15) is 11.6 Å². The summed E-state index contributed by atoms with van der Waals surface area (Å²) in [6.45, 7) is 1.54. The number of hydrogen-bond acceptors (Lipinski definition) is 3. The summed E-state index contributed by atoms with van der Waals surface area (Å²) < 4.78 is 40.3. The number of halogens is 1. The maximum atomic E-state index is 14.8. The van der Waals surface area contributed by atoms with Crippen LogP contribution in [0.4, 0.5) is 4.39 Å². The maximum Gasteiger partial charge on any atom is 0.206 e. The highest BCUT2D eigenvalue weighted by atomic mass is 32.2. The van der Waals surface area contributed by atoms with Crippen LogP contribution in [0.3, 0.4) is 0 Å². The first kappa shape index (κ1) is 17.8. The van der Waals surface area contributed by atoms with Gasteiger partial charge in [0.15, 0.2) is 0 Å². The van der Waals surface area contributed by atoms with E-state index in [0.29, 0.717) is 24.8 Å². The van der Waals surface area contributed by atoms with Crippen LogP contribution in [0.5, 0.6) is 0 Å². The van der Waals surface area contributed by atoms with E-state index in [4.69, 9.17) is 0 Å². The zero-order valence-corrected chi connectivity index (χ0v) is 15.0. The molecule has 0 heterocycles. The zero-order valence-electron chi connectivity index (χ0n) is 14.2. The Morgan fingerprint density at radius 1 is 1.16 bits per heavy atom. The van der Waals surface area contributed by atoms with Crippen molar-refractivity contribution in [3.63, 3.8) is 0 Å². The molecule has 0 saturated carbocycles. The van der Waals surface area contributed by atoms with Gasteiger partial charge in [0.05, 0.1) is 9.79 Å². The average Bonchev–Trinajstić information content (AvgIpc) is 2.60. The molecule has 0 radical (unpaired) electrons. The van der Waals surface area contributed by atoms with Crippen molar-refractivity contribution in [3.05, 3.63) is 59.4 Å². The van der Waals surface area contributed by atoms with Gasteiger partial charge in [-0.1, -0.05) is 18.2 Å². The Kier molecular flexibility index (Phi) is 5.04. The fourth-order valence-corrected chi connectivity index (χ4v) is 4.90. The lowest BCUT2D eigenvalue weighted by molar-refractivity contribution is -0.117. The minimum atomic E-state index is -3.73. The van der Waals surface area contributed by atoms with E-state index in [1.165, 1.54) is 19.1 Å². The quantitative estimate of drug-likeness (QED) is 0.792. The van der Waals surface area contributed by atoms with Gasteiger partial charge in [-0.3, -0.25) is 0 Å². The molecule has 5 heteroatoms. The lowest BCUT2D eigenvalue weighted by atomic mass is 9.80. The fourth-order valence-electron chi connectivity index (χ4n) is 3.55. The smallest absolute Gasteiger partial charge is 0.206 e. The van der Waals surface area contributed by atoms with Crippen LogP contribution in [0, 0.1) is 5.82 Å². The Morgan fingerprint density at radius 2 is 1.88 bits per heavy atom. The molecule has 2 aromatic rings. The number of Topliss-reactive ketones (excluding diaryl/α,β-unsaturated/α-hetero) is 1. The number of ketones is 1. The van der Waals surface area contributed by atoms with Gasteiger partial charge >= 0.3 is 0 Å². The summed E-state index contributed by atoms with van der Waals surface area (Å²) in [5.41, 5.74) is 1.36. The number of hydrogen-bond donors (Lipinski definition) is 0. The van der Waals surface area contributed by atoms with Crippen LogP contribution in [0.15, 0.2) is 52.3 Å².